The standard InChI is InChI=1S/C19H24N2O3/c1-6-24-19(23)14(4)20-18(22)17-11-13(3)21(15(17)5)16-9-7-8-12(2)10-16/h7-11,14H,6H2,1-5H3,(H,20,22). The zero-order valence-electron chi connectivity index (χ0n) is 14.8. The molecule has 0 spiro atoms. The van der Waals surface area contributed by atoms with Crippen LogP contribution in [0.15, 0.2) is 30.3 Å². The maximum Gasteiger partial charge on any atom is 0.328 e. The van der Waals surface area contributed by atoms with E-state index in [-0.39, 0.29) is 5.91 Å². The molecular formula is C19H24N2O3. The average molecular weight is 328 g/mol. The molecule has 24 heavy (non-hydrogen) atoms. The molecule has 0 aliphatic heterocycles. The third kappa shape index (κ3) is 3.67. The first-order valence-electron chi connectivity index (χ1n) is 8.08. The molecule has 0 bridgehead atoms. The minimum atomic E-state index is -0.681. The number of rotatable bonds is 5. The average Bonchev–Trinajstić information content (AvgIpc) is 2.82. The molecule has 0 saturated carbocycles. The van der Waals surface area contributed by atoms with Gasteiger partial charge in [0.2, 0.25) is 0 Å². The van der Waals surface area contributed by atoms with E-state index in [9.17, 15) is 9.59 Å². The molecule has 128 valence electrons. The van der Waals surface area contributed by atoms with Crippen molar-refractivity contribution in [2.45, 2.75) is 40.7 Å². The SMILES string of the molecule is CCOC(=O)C(C)NC(=O)c1cc(C)n(-c2cccc(C)c2)c1C. The molecule has 1 aromatic carbocycles. The largest absolute Gasteiger partial charge is 0.464 e. The fourth-order valence-electron chi connectivity index (χ4n) is 2.76. The van der Waals surface area contributed by atoms with Crippen LogP contribution in [-0.2, 0) is 9.53 Å². The van der Waals surface area contributed by atoms with Gasteiger partial charge in [-0.3, -0.25) is 4.79 Å². The van der Waals surface area contributed by atoms with Crippen molar-refractivity contribution in [3.63, 3.8) is 0 Å². The van der Waals surface area contributed by atoms with Gasteiger partial charge in [-0.2, -0.15) is 0 Å². The topological polar surface area (TPSA) is 60.3 Å². The molecule has 0 saturated heterocycles. The Morgan fingerprint density at radius 3 is 2.54 bits per heavy atom. The predicted octanol–water partition coefficient (Wildman–Crippen LogP) is 3.08. The quantitative estimate of drug-likeness (QED) is 0.858. The lowest BCUT2D eigenvalue weighted by Crippen LogP contribution is -2.39. The number of hydrogen-bond donors (Lipinski definition) is 1. The summed E-state index contributed by atoms with van der Waals surface area (Å²) in [7, 11) is 0. The fraction of sp³-hybridized carbons (Fsp3) is 0.368. The van der Waals surface area contributed by atoms with Crippen LogP contribution in [0.3, 0.4) is 0 Å². The number of nitrogens with one attached hydrogen (secondary N) is 1. The second-order valence-corrected chi connectivity index (χ2v) is 5.91. The number of aromatic nitrogens is 1. The Morgan fingerprint density at radius 2 is 1.92 bits per heavy atom. The van der Waals surface area contributed by atoms with Crippen molar-refractivity contribution < 1.29 is 14.3 Å². The smallest absolute Gasteiger partial charge is 0.328 e. The lowest BCUT2D eigenvalue weighted by Gasteiger charge is -2.13. The Balaban J connectivity index is 2.28. The third-order valence-electron chi connectivity index (χ3n) is 3.92. The molecule has 5 nitrogen and oxygen atoms in total. The van der Waals surface area contributed by atoms with Gasteiger partial charge in [0.05, 0.1) is 12.2 Å². The summed E-state index contributed by atoms with van der Waals surface area (Å²) in [6, 6.07) is 9.27. The van der Waals surface area contributed by atoms with Crippen LogP contribution < -0.4 is 5.32 Å². The van der Waals surface area contributed by atoms with Crippen molar-refractivity contribution in [2.75, 3.05) is 6.61 Å². The second kappa shape index (κ2) is 7.34. The third-order valence-corrected chi connectivity index (χ3v) is 3.92. The summed E-state index contributed by atoms with van der Waals surface area (Å²) in [6.45, 7) is 9.55. The van der Waals surface area contributed by atoms with E-state index in [1.54, 1.807) is 13.8 Å². The second-order valence-electron chi connectivity index (χ2n) is 5.91. The Hall–Kier alpha value is -2.56. The van der Waals surface area contributed by atoms with Crippen molar-refractivity contribution in [3.05, 3.63) is 52.8 Å². The van der Waals surface area contributed by atoms with Gasteiger partial charge >= 0.3 is 5.97 Å². The summed E-state index contributed by atoms with van der Waals surface area (Å²) >= 11 is 0. The highest BCUT2D eigenvalue weighted by atomic mass is 16.5. The number of ether oxygens (including phenoxy) is 1. The Labute approximate surface area is 142 Å². The molecular weight excluding hydrogens is 304 g/mol. The lowest BCUT2D eigenvalue weighted by molar-refractivity contribution is -0.144. The van der Waals surface area contributed by atoms with E-state index in [1.807, 2.05) is 49.6 Å². The van der Waals surface area contributed by atoms with Crippen molar-refractivity contribution >= 4 is 11.9 Å². The summed E-state index contributed by atoms with van der Waals surface area (Å²) in [5.41, 5.74) is 4.54. The molecule has 2 aromatic rings. The van der Waals surface area contributed by atoms with Gasteiger partial charge in [0.25, 0.3) is 5.91 Å². The molecule has 0 fully saturated rings. The molecule has 0 radical (unpaired) electrons. The van der Waals surface area contributed by atoms with Gasteiger partial charge < -0.3 is 14.6 Å². The molecule has 0 aliphatic rings. The van der Waals surface area contributed by atoms with E-state index < -0.39 is 12.0 Å². The highest BCUT2D eigenvalue weighted by Crippen LogP contribution is 2.21. The molecule has 0 aliphatic carbocycles. The zero-order valence-corrected chi connectivity index (χ0v) is 14.8. The number of nitrogens with zero attached hydrogens (tertiary/aromatic N) is 1. The number of aryl methyl sites for hydroxylation is 2. The molecule has 2 rings (SSSR count). The zero-order chi connectivity index (χ0) is 17.9. The highest BCUT2D eigenvalue weighted by Gasteiger charge is 2.21. The minimum absolute atomic E-state index is 0.275. The number of esters is 1. The number of amides is 1. The van der Waals surface area contributed by atoms with E-state index in [1.165, 1.54) is 0 Å². The molecule has 1 aromatic heterocycles. The van der Waals surface area contributed by atoms with Gasteiger partial charge in [-0.15, -0.1) is 0 Å². The summed E-state index contributed by atoms with van der Waals surface area (Å²) < 4.78 is 6.96. The Kier molecular flexibility index (Phi) is 5.44. The normalized spacial score (nSPS) is 11.9. The molecule has 1 unspecified atom stereocenters. The van der Waals surface area contributed by atoms with Crippen LogP contribution in [0, 0.1) is 20.8 Å². The van der Waals surface area contributed by atoms with Crippen molar-refractivity contribution in [3.8, 4) is 5.69 Å². The van der Waals surface area contributed by atoms with Crippen LogP contribution in [0.5, 0.6) is 0 Å². The van der Waals surface area contributed by atoms with Gasteiger partial charge in [0.1, 0.15) is 6.04 Å². The van der Waals surface area contributed by atoms with Crippen LogP contribution in [0.2, 0.25) is 0 Å². The van der Waals surface area contributed by atoms with Crippen LogP contribution in [-0.4, -0.2) is 29.1 Å². The van der Waals surface area contributed by atoms with Crippen molar-refractivity contribution in [1.29, 1.82) is 0 Å². The van der Waals surface area contributed by atoms with E-state index in [0.717, 1.165) is 22.6 Å². The van der Waals surface area contributed by atoms with Crippen LogP contribution in [0.25, 0.3) is 5.69 Å². The Bertz CT molecular complexity index is 762. The maximum atomic E-state index is 12.5. The molecule has 1 atom stereocenters. The molecule has 1 heterocycles. The predicted molar refractivity (Wildman–Crippen MR) is 93.5 cm³/mol. The number of hydrogen-bond acceptors (Lipinski definition) is 3. The van der Waals surface area contributed by atoms with Crippen molar-refractivity contribution in [2.24, 2.45) is 0 Å². The van der Waals surface area contributed by atoms with E-state index in [2.05, 4.69) is 11.4 Å². The van der Waals surface area contributed by atoms with Gasteiger partial charge in [-0.05, 0) is 58.4 Å². The first-order chi connectivity index (χ1) is 11.3. The maximum absolute atomic E-state index is 12.5. The van der Waals surface area contributed by atoms with E-state index in [0.29, 0.717) is 12.2 Å². The van der Waals surface area contributed by atoms with Crippen molar-refractivity contribution in [1.82, 2.24) is 9.88 Å². The molecule has 1 N–H and O–H groups in total. The van der Waals surface area contributed by atoms with E-state index in [4.69, 9.17) is 4.74 Å². The first kappa shape index (κ1) is 17.8. The van der Waals surface area contributed by atoms with Crippen LogP contribution >= 0.6 is 0 Å². The van der Waals surface area contributed by atoms with Crippen LogP contribution in [0.4, 0.5) is 0 Å². The van der Waals surface area contributed by atoms with Gasteiger partial charge in [-0.1, -0.05) is 12.1 Å². The summed E-state index contributed by atoms with van der Waals surface area (Å²) in [5.74, 6) is -0.708. The van der Waals surface area contributed by atoms with Gasteiger partial charge in [0.15, 0.2) is 0 Å². The molecule has 1 amide bonds. The summed E-state index contributed by atoms with van der Waals surface area (Å²) in [4.78, 5) is 24.2. The minimum Gasteiger partial charge on any atom is -0.464 e. The molecule has 5 heteroatoms. The summed E-state index contributed by atoms with van der Waals surface area (Å²) in [5, 5.41) is 2.70. The number of carbonyl (C=O) groups excluding carboxylic acids is 2. The van der Waals surface area contributed by atoms with Gasteiger partial charge in [-0.25, -0.2) is 4.79 Å². The Morgan fingerprint density at radius 1 is 1.21 bits per heavy atom. The monoisotopic (exact) mass is 328 g/mol. The highest BCUT2D eigenvalue weighted by molar-refractivity contribution is 5.98. The fourth-order valence-corrected chi connectivity index (χ4v) is 2.76. The van der Waals surface area contributed by atoms with Gasteiger partial charge in [0, 0.05) is 17.1 Å². The summed E-state index contributed by atoms with van der Waals surface area (Å²) in [6.07, 6.45) is 0. The number of carbonyl (C=O) groups is 2. The number of benzene rings is 1. The van der Waals surface area contributed by atoms with Crippen LogP contribution in [0.1, 0.15) is 41.2 Å². The first-order valence-corrected chi connectivity index (χ1v) is 8.08. The van der Waals surface area contributed by atoms with E-state index >= 15 is 0 Å². The lowest BCUT2D eigenvalue weighted by atomic mass is 10.2.